The van der Waals surface area contributed by atoms with Crippen molar-refractivity contribution in [2.75, 3.05) is 20.8 Å². The highest BCUT2D eigenvalue weighted by Gasteiger charge is 2.19. The third-order valence-corrected chi connectivity index (χ3v) is 4.84. The van der Waals surface area contributed by atoms with Gasteiger partial charge in [-0.2, -0.15) is 0 Å². The number of methoxy groups -OCH3 is 2. The van der Waals surface area contributed by atoms with Crippen LogP contribution >= 0.6 is 0 Å². The fourth-order valence-corrected chi connectivity index (χ4v) is 3.57. The van der Waals surface area contributed by atoms with Crippen LogP contribution in [0.3, 0.4) is 0 Å². The third kappa shape index (κ3) is 2.86. The quantitative estimate of drug-likeness (QED) is 0.707. The Morgan fingerprint density at radius 2 is 1.68 bits per heavy atom. The first kappa shape index (κ1) is 15.7. The average molecular weight is 331 g/mol. The number of hydrogen-bond acceptors (Lipinski definition) is 3. The van der Waals surface area contributed by atoms with Crippen LogP contribution < -0.4 is 9.47 Å². The molecule has 0 saturated carbocycles. The molecule has 0 fully saturated rings. The molecule has 3 nitrogen and oxygen atoms in total. The Hall–Kier alpha value is -2.81. The summed E-state index contributed by atoms with van der Waals surface area (Å²) in [6.45, 7) is 0.822. The van der Waals surface area contributed by atoms with Gasteiger partial charge in [0.05, 0.1) is 14.2 Å². The van der Waals surface area contributed by atoms with Crippen LogP contribution in [-0.4, -0.2) is 26.5 Å². The second-order valence-electron chi connectivity index (χ2n) is 6.26. The Kier molecular flexibility index (Phi) is 4.14. The monoisotopic (exact) mass is 331 g/mol. The van der Waals surface area contributed by atoms with E-state index in [1.54, 1.807) is 14.2 Å². The lowest BCUT2D eigenvalue weighted by Crippen LogP contribution is -2.16. The van der Waals surface area contributed by atoms with Crippen molar-refractivity contribution in [3.8, 4) is 11.5 Å². The van der Waals surface area contributed by atoms with Gasteiger partial charge in [0, 0.05) is 24.2 Å². The summed E-state index contributed by atoms with van der Waals surface area (Å²) in [5.41, 5.74) is 4.89. The van der Waals surface area contributed by atoms with E-state index in [9.17, 15) is 0 Å². The van der Waals surface area contributed by atoms with Gasteiger partial charge in [0.15, 0.2) is 11.5 Å². The lowest BCUT2D eigenvalue weighted by atomic mass is 9.91. The molecular formula is C22H21NO2. The summed E-state index contributed by atoms with van der Waals surface area (Å²) in [6.07, 6.45) is 1.76. The smallest absolute Gasteiger partial charge is 0.161 e. The summed E-state index contributed by atoms with van der Waals surface area (Å²) in [5.74, 6) is 1.54. The first-order valence-corrected chi connectivity index (χ1v) is 8.55. The molecule has 0 amide bonds. The number of benzene rings is 3. The fraction of sp³-hybridized carbons (Fsp3) is 0.227. The van der Waals surface area contributed by atoms with Gasteiger partial charge < -0.3 is 9.47 Å². The fourth-order valence-electron chi connectivity index (χ4n) is 3.57. The van der Waals surface area contributed by atoms with Crippen molar-refractivity contribution >= 4 is 16.5 Å². The van der Waals surface area contributed by atoms with Crippen molar-refractivity contribution in [3.63, 3.8) is 0 Å². The molecule has 4 rings (SSSR count). The first-order chi connectivity index (χ1) is 12.3. The molecule has 126 valence electrons. The molecule has 0 N–H and O–H groups in total. The van der Waals surface area contributed by atoms with Gasteiger partial charge in [-0.3, -0.25) is 4.99 Å². The molecule has 0 unspecified atom stereocenters. The average Bonchev–Trinajstić information content (AvgIpc) is 2.67. The van der Waals surface area contributed by atoms with E-state index >= 15 is 0 Å². The second kappa shape index (κ2) is 6.60. The summed E-state index contributed by atoms with van der Waals surface area (Å²) in [6, 6.07) is 19.1. The predicted molar refractivity (Wildman–Crippen MR) is 102 cm³/mol. The SMILES string of the molecule is COc1cc2c(cc1OC)C(Cc1cccc3ccccc13)=NCC2. The maximum absolute atomic E-state index is 5.49. The van der Waals surface area contributed by atoms with Gasteiger partial charge in [-0.05, 0) is 40.5 Å². The van der Waals surface area contributed by atoms with Gasteiger partial charge in [-0.25, -0.2) is 0 Å². The standard InChI is InChI=1S/C22H21NO2/c1-24-21-13-17-10-11-23-20(19(17)14-22(21)25-2)12-16-8-5-7-15-6-3-4-9-18(15)16/h3-9,13-14H,10-12H2,1-2H3. The van der Waals surface area contributed by atoms with Gasteiger partial charge in [0.2, 0.25) is 0 Å². The highest BCUT2D eigenvalue weighted by molar-refractivity contribution is 6.06. The van der Waals surface area contributed by atoms with Crippen molar-refractivity contribution < 1.29 is 9.47 Å². The summed E-state index contributed by atoms with van der Waals surface area (Å²) in [7, 11) is 3.35. The Morgan fingerprint density at radius 1 is 0.920 bits per heavy atom. The molecule has 1 aliphatic heterocycles. The Balaban J connectivity index is 1.76. The van der Waals surface area contributed by atoms with Crippen molar-refractivity contribution in [1.82, 2.24) is 0 Å². The zero-order valence-corrected chi connectivity index (χ0v) is 14.6. The largest absolute Gasteiger partial charge is 0.493 e. The van der Waals surface area contributed by atoms with Crippen LogP contribution in [0.4, 0.5) is 0 Å². The van der Waals surface area contributed by atoms with Crippen LogP contribution in [-0.2, 0) is 12.8 Å². The Bertz CT molecular complexity index is 954. The zero-order chi connectivity index (χ0) is 17.2. The lowest BCUT2D eigenvalue weighted by molar-refractivity contribution is 0.354. The Labute approximate surface area is 147 Å². The lowest BCUT2D eigenvalue weighted by Gasteiger charge is -2.20. The van der Waals surface area contributed by atoms with Gasteiger partial charge in [-0.1, -0.05) is 42.5 Å². The molecule has 25 heavy (non-hydrogen) atoms. The minimum atomic E-state index is 0.758. The van der Waals surface area contributed by atoms with E-state index in [1.807, 2.05) is 0 Å². The molecule has 3 aromatic carbocycles. The molecule has 0 bridgehead atoms. The molecule has 0 spiro atoms. The molecule has 0 aliphatic carbocycles. The molecule has 3 heteroatoms. The van der Waals surface area contributed by atoms with Crippen LogP contribution in [0.15, 0.2) is 59.6 Å². The topological polar surface area (TPSA) is 30.8 Å². The summed E-state index contributed by atoms with van der Waals surface area (Å²) in [4.78, 5) is 4.82. The highest BCUT2D eigenvalue weighted by Crippen LogP contribution is 2.33. The minimum absolute atomic E-state index is 0.758. The minimum Gasteiger partial charge on any atom is -0.493 e. The molecule has 3 aromatic rings. The molecule has 1 heterocycles. The van der Waals surface area contributed by atoms with E-state index in [2.05, 4.69) is 54.6 Å². The maximum atomic E-state index is 5.49. The highest BCUT2D eigenvalue weighted by atomic mass is 16.5. The van der Waals surface area contributed by atoms with Crippen molar-refractivity contribution in [1.29, 1.82) is 0 Å². The second-order valence-corrected chi connectivity index (χ2v) is 6.26. The summed E-state index contributed by atoms with van der Waals surface area (Å²) in [5, 5.41) is 2.56. The molecule has 1 aliphatic rings. The van der Waals surface area contributed by atoms with E-state index in [0.717, 1.165) is 36.6 Å². The van der Waals surface area contributed by atoms with Crippen LogP contribution in [0.1, 0.15) is 16.7 Å². The number of fused-ring (bicyclic) bond motifs is 2. The van der Waals surface area contributed by atoms with Crippen LogP contribution in [0.25, 0.3) is 10.8 Å². The third-order valence-electron chi connectivity index (χ3n) is 4.84. The molecular weight excluding hydrogens is 310 g/mol. The maximum Gasteiger partial charge on any atom is 0.161 e. The van der Waals surface area contributed by atoms with Gasteiger partial charge >= 0.3 is 0 Å². The molecule has 0 saturated heterocycles. The molecule has 0 atom stereocenters. The summed E-state index contributed by atoms with van der Waals surface area (Å²) >= 11 is 0. The van der Waals surface area contributed by atoms with Gasteiger partial charge in [0.1, 0.15) is 0 Å². The van der Waals surface area contributed by atoms with E-state index < -0.39 is 0 Å². The molecule has 0 radical (unpaired) electrons. The number of aliphatic imine (C=N–C) groups is 1. The number of rotatable bonds is 4. The number of hydrogen-bond donors (Lipinski definition) is 0. The summed E-state index contributed by atoms with van der Waals surface area (Å²) < 4.78 is 10.9. The van der Waals surface area contributed by atoms with Crippen molar-refractivity contribution in [3.05, 3.63) is 71.3 Å². The normalized spacial score (nSPS) is 13.3. The number of nitrogens with zero attached hydrogens (tertiary/aromatic N) is 1. The van der Waals surface area contributed by atoms with Crippen LogP contribution in [0.2, 0.25) is 0 Å². The zero-order valence-electron chi connectivity index (χ0n) is 14.6. The van der Waals surface area contributed by atoms with E-state index in [4.69, 9.17) is 14.5 Å². The van der Waals surface area contributed by atoms with E-state index in [1.165, 1.54) is 27.5 Å². The number of ether oxygens (including phenoxy) is 2. The molecule has 0 aromatic heterocycles. The van der Waals surface area contributed by atoms with Crippen LogP contribution in [0.5, 0.6) is 11.5 Å². The van der Waals surface area contributed by atoms with E-state index in [0.29, 0.717) is 0 Å². The van der Waals surface area contributed by atoms with E-state index in [-0.39, 0.29) is 0 Å². The van der Waals surface area contributed by atoms with Crippen molar-refractivity contribution in [2.45, 2.75) is 12.8 Å². The van der Waals surface area contributed by atoms with Crippen molar-refractivity contribution in [2.24, 2.45) is 4.99 Å². The van der Waals surface area contributed by atoms with Gasteiger partial charge in [0.25, 0.3) is 0 Å². The predicted octanol–water partition coefficient (Wildman–Crippen LogP) is 4.44. The Morgan fingerprint density at radius 3 is 2.52 bits per heavy atom. The first-order valence-electron chi connectivity index (χ1n) is 8.55. The van der Waals surface area contributed by atoms with Crippen LogP contribution in [0, 0.1) is 0 Å². The van der Waals surface area contributed by atoms with Gasteiger partial charge in [-0.15, -0.1) is 0 Å².